The summed E-state index contributed by atoms with van der Waals surface area (Å²) < 4.78 is 4.83. The number of carbonyl (C=O) groups excluding carboxylic acids is 3. The highest BCUT2D eigenvalue weighted by atomic mass is 35.5. The van der Waals surface area contributed by atoms with Gasteiger partial charge in [-0.3, -0.25) is 4.79 Å². The molecule has 1 heterocycles. The number of alkyl carbamates (subject to hydrolysis) is 1. The van der Waals surface area contributed by atoms with Crippen molar-refractivity contribution in [2.24, 2.45) is 0 Å². The number of hydrogen-bond donors (Lipinski definition) is 1. The quantitative estimate of drug-likeness (QED) is 0.751. The van der Waals surface area contributed by atoms with Gasteiger partial charge in [0.25, 0.3) is 0 Å². The van der Waals surface area contributed by atoms with Gasteiger partial charge in [0.05, 0.1) is 5.88 Å². The molecule has 1 saturated heterocycles. The van der Waals surface area contributed by atoms with Gasteiger partial charge in [0.2, 0.25) is 5.91 Å². The van der Waals surface area contributed by atoms with Crippen LogP contribution in [0.2, 0.25) is 0 Å². The summed E-state index contributed by atoms with van der Waals surface area (Å²) in [6.45, 7) is 2.86. The zero-order valence-corrected chi connectivity index (χ0v) is 12.4. The van der Waals surface area contributed by atoms with Crippen LogP contribution >= 0.6 is 11.6 Å². The van der Waals surface area contributed by atoms with Crippen molar-refractivity contribution < 1.29 is 19.1 Å². The molecule has 1 aliphatic heterocycles. The lowest BCUT2D eigenvalue weighted by molar-refractivity contribution is -0.133. The molecule has 0 saturated carbocycles. The Morgan fingerprint density at radius 2 is 1.90 bits per heavy atom. The molecule has 0 aromatic rings. The maximum absolute atomic E-state index is 11.8. The van der Waals surface area contributed by atoms with Gasteiger partial charge < -0.3 is 19.7 Å². The van der Waals surface area contributed by atoms with Crippen LogP contribution in [0.3, 0.4) is 0 Å². The van der Waals surface area contributed by atoms with Crippen molar-refractivity contribution in [1.29, 1.82) is 0 Å². The number of rotatable bonds is 6. The number of ether oxygens (including phenoxy) is 1. The molecule has 20 heavy (non-hydrogen) atoms. The average molecular weight is 305 g/mol. The van der Waals surface area contributed by atoms with Crippen molar-refractivity contribution in [2.45, 2.75) is 38.6 Å². The van der Waals surface area contributed by atoms with E-state index in [2.05, 4.69) is 5.32 Å². The molecular formula is C13H21ClN2O4. The standard InChI is InChI=1S/C13H21ClN2O4/c1-10(17)2-3-12(18)16-7-4-11(5-8-16)15-13(19)20-9-6-14/h11H,2-9H2,1H3,(H,15,19). The van der Waals surface area contributed by atoms with Crippen LogP contribution in [0.4, 0.5) is 4.79 Å². The SMILES string of the molecule is CC(=O)CCC(=O)N1CCC(NC(=O)OCCCl)CC1. The van der Waals surface area contributed by atoms with E-state index >= 15 is 0 Å². The second kappa shape index (κ2) is 8.79. The van der Waals surface area contributed by atoms with Crippen molar-refractivity contribution in [3.05, 3.63) is 0 Å². The fraction of sp³-hybridized carbons (Fsp3) is 0.769. The molecule has 1 rings (SSSR count). The van der Waals surface area contributed by atoms with Crippen LogP contribution in [0.15, 0.2) is 0 Å². The van der Waals surface area contributed by atoms with Gasteiger partial charge in [-0.25, -0.2) is 4.79 Å². The molecule has 0 spiro atoms. The van der Waals surface area contributed by atoms with Gasteiger partial charge in [-0.05, 0) is 19.8 Å². The molecule has 7 heteroatoms. The molecular weight excluding hydrogens is 284 g/mol. The lowest BCUT2D eigenvalue weighted by Gasteiger charge is -2.32. The summed E-state index contributed by atoms with van der Waals surface area (Å²) in [6, 6.07) is 0.0229. The minimum absolute atomic E-state index is 0.00312. The summed E-state index contributed by atoms with van der Waals surface area (Å²) in [6.07, 6.45) is 1.49. The van der Waals surface area contributed by atoms with Gasteiger partial charge in [0, 0.05) is 32.0 Å². The second-order valence-electron chi connectivity index (χ2n) is 4.83. The minimum atomic E-state index is -0.466. The predicted molar refractivity (Wildman–Crippen MR) is 74.7 cm³/mol. The first-order chi connectivity index (χ1) is 9.52. The van der Waals surface area contributed by atoms with Gasteiger partial charge in [-0.2, -0.15) is 0 Å². The van der Waals surface area contributed by atoms with E-state index in [1.807, 2.05) is 0 Å². The van der Waals surface area contributed by atoms with Gasteiger partial charge in [0.15, 0.2) is 0 Å². The Labute approximate surface area is 123 Å². The van der Waals surface area contributed by atoms with Crippen LogP contribution < -0.4 is 5.32 Å². The summed E-state index contributed by atoms with van der Waals surface area (Å²) in [4.78, 5) is 35.8. The molecule has 114 valence electrons. The van der Waals surface area contributed by atoms with Crippen molar-refractivity contribution in [1.82, 2.24) is 10.2 Å². The fourth-order valence-corrected chi connectivity index (χ4v) is 2.13. The number of nitrogens with one attached hydrogen (secondary N) is 1. The fourth-order valence-electron chi connectivity index (χ4n) is 2.05. The Kier molecular flexibility index (Phi) is 7.36. The third-order valence-electron chi connectivity index (χ3n) is 3.17. The molecule has 0 bridgehead atoms. The van der Waals surface area contributed by atoms with E-state index < -0.39 is 6.09 Å². The van der Waals surface area contributed by atoms with Gasteiger partial charge in [0.1, 0.15) is 12.4 Å². The van der Waals surface area contributed by atoms with Crippen molar-refractivity contribution in [3.8, 4) is 0 Å². The Balaban J connectivity index is 2.24. The molecule has 0 radical (unpaired) electrons. The van der Waals surface area contributed by atoms with Crippen LogP contribution in [0.25, 0.3) is 0 Å². The average Bonchev–Trinajstić information content (AvgIpc) is 2.43. The maximum Gasteiger partial charge on any atom is 0.407 e. The molecule has 0 aliphatic carbocycles. The molecule has 1 aliphatic rings. The van der Waals surface area contributed by atoms with E-state index in [1.54, 1.807) is 4.90 Å². The number of piperidine rings is 1. The van der Waals surface area contributed by atoms with Crippen molar-refractivity contribution in [3.63, 3.8) is 0 Å². The smallest absolute Gasteiger partial charge is 0.407 e. The van der Waals surface area contributed by atoms with E-state index in [1.165, 1.54) is 6.92 Å². The highest BCUT2D eigenvalue weighted by Crippen LogP contribution is 2.12. The van der Waals surface area contributed by atoms with E-state index in [4.69, 9.17) is 16.3 Å². The first-order valence-electron chi connectivity index (χ1n) is 6.79. The third kappa shape index (κ3) is 6.23. The minimum Gasteiger partial charge on any atom is -0.448 e. The van der Waals surface area contributed by atoms with E-state index in [-0.39, 0.29) is 36.6 Å². The normalized spacial score (nSPS) is 15.8. The zero-order valence-electron chi connectivity index (χ0n) is 11.7. The van der Waals surface area contributed by atoms with Crippen LogP contribution in [0.5, 0.6) is 0 Å². The summed E-state index contributed by atoms with van der Waals surface area (Å²) in [5.41, 5.74) is 0. The monoisotopic (exact) mass is 304 g/mol. The maximum atomic E-state index is 11.8. The Hall–Kier alpha value is -1.30. The molecule has 0 atom stereocenters. The summed E-state index contributed by atoms with van der Waals surface area (Å²) in [5, 5.41) is 2.75. The molecule has 1 N–H and O–H groups in total. The number of carbonyl (C=O) groups is 3. The van der Waals surface area contributed by atoms with Crippen LogP contribution in [0, 0.1) is 0 Å². The Morgan fingerprint density at radius 1 is 1.25 bits per heavy atom. The molecule has 0 aromatic heterocycles. The molecule has 6 nitrogen and oxygen atoms in total. The summed E-state index contributed by atoms with van der Waals surface area (Å²) >= 11 is 5.42. The van der Waals surface area contributed by atoms with E-state index in [0.29, 0.717) is 32.4 Å². The predicted octanol–water partition coefficient (Wildman–Crippen LogP) is 1.31. The number of alkyl halides is 1. The molecule has 2 amide bonds. The largest absolute Gasteiger partial charge is 0.448 e. The number of ketones is 1. The van der Waals surface area contributed by atoms with Crippen LogP contribution in [0.1, 0.15) is 32.6 Å². The number of Topliss-reactive ketones (excluding diaryl/α,β-unsaturated/α-hetero) is 1. The first kappa shape index (κ1) is 16.8. The first-order valence-corrected chi connectivity index (χ1v) is 7.33. The van der Waals surface area contributed by atoms with Gasteiger partial charge in [-0.1, -0.05) is 0 Å². The number of amides is 2. The molecule has 1 fully saturated rings. The topological polar surface area (TPSA) is 75.7 Å². The molecule has 0 unspecified atom stereocenters. The van der Waals surface area contributed by atoms with E-state index in [0.717, 1.165) is 0 Å². The zero-order chi connectivity index (χ0) is 15.0. The lowest BCUT2D eigenvalue weighted by atomic mass is 10.0. The number of nitrogens with zero attached hydrogens (tertiary/aromatic N) is 1. The van der Waals surface area contributed by atoms with Gasteiger partial charge >= 0.3 is 6.09 Å². The summed E-state index contributed by atoms with van der Waals surface area (Å²) in [7, 11) is 0. The second-order valence-corrected chi connectivity index (χ2v) is 5.20. The number of likely N-dealkylation sites (tertiary alicyclic amines) is 1. The number of hydrogen-bond acceptors (Lipinski definition) is 4. The lowest BCUT2D eigenvalue weighted by Crippen LogP contribution is -2.46. The van der Waals surface area contributed by atoms with Crippen LogP contribution in [-0.4, -0.2) is 54.3 Å². The van der Waals surface area contributed by atoms with Gasteiger partial charge in [-0.15, -0.1) is 11.6 Å². The molecule has 0 aromatic carbocycles. The van der Waals surface area contributed by atoms with Crippen molar-refractivity contribution >= 4 is 29.4 Å². The summed E-state index contributed by atoms with van der Waals surface area (Å²) in [5.74, 6) is 0.302. The van der Waals surface area contributed by atoms with E-state index in [9.17, 15) is 14.4 Å². The Bertz CT molecular complexity index is 354. The third-order valence-corrected chi connectivity index (χ3v) is 3.33. The number of halogens is 1. The van der Waals surface area contributed by atoms with Crippen LogP contribution in [-0.2, 0) is 14.3 Å². The van der Waals surface area contributed by atoms with Crippen molar-refractivity contribution in [2.75, 3.05) is 25.6 Å². The highest BCUT2D eigenvalue weighted by Gasteiger charge is 2.24. The Morgan fingerprint density at radius 3 is 2.45 bits per heavy atom. The highest BCUT2D eigenvalue weighted by molar-refractivity contribution is 6.18.